The highest BCUT2D eigenvalue weighted by atomic mass is 16.6. The molecule has 0 aromatic carbocycles. The number of nitrogens with zero attached hydrogens (tertiary/aromatic N) is 1. The maximum Gasteiger partial charge on any atom is 0.0794 e. The summed E-state index contributed by atoms with van der Waals surface area (Å²) >= 11 is 0. The van der Waals surface area contributed by atoms with E-state index in [1.807, 2.05) is 0 Å². The van der Waals surface area contributed by atoms with Crippen molar-refractivity contribution in [3.8, 4) is 0 Å². The molecule has 0 spiro atoms. The van der Waals surface area contributed by atoms with Crippen molar-refractivity contribution < 1.29 is 4.90 Å². The normalized spacial score (nSPS) is 10.9. The van der Waals surface area contributed by atoms with E-state index in [1.165, 1.54) is 19.6 Å². The third kappa shape index (κ3) is 15.8. The van der Waals surface area contributed by atoms with Gasteiger partial charge in [-0.05, 0) is 0 Å². The molecule has 0 aromatic rings. The summed E-state index contributed by atoms with van der Waals surface area (Å²) in [6.45, 7) is 17.9. The van der Waals surface area contributed by atoms with E-state index < -0.39 is 0 Å². The maximum absolute atomic E-state index is 8.00. The Bertz CT molecular complexity index is 135. The second-order valence-electron chi connectivity index (χ2n) is 5.62. The molecule has 0 radical (unpaired) electrons. The van der Waals surface area contributed by atoms with Gasteiger partial charge in [-0.1, -0.05) is 41.5 Å². The standard InChI is InChI=1S/C12H27N.HNO2/c1-10(2)7-13(8-11(3)4)9-12(5)6;2-1-3/h10-12H,7-9H2,1-6H3;(H,2,3). The fourth-order valence-electron chi connectivity index (χ4n) is 1.98. The molecule has 0 rings (SSSR count). The first-order valence-electron chi connectivity index (χ1n) is 6.11. The Kier molecular flexibility index (Phi) is 12.0. The summed E-state index contributed by atoms with van der Waals surface area (Å²) in [5.41, 5.74) is 0. The topological polar surface area (TPSA) is 56.9 Å². The number of rotatable bonds is 6. The van der Waals surface area contributed by atoms with Crippen molar-refractivity contribution in [1.29, 1.82) is 0 Å². The molecule has 1 N–H and O–H groups in total. The summed E-state index contributed by atoms with van der Waals surface area (Å²) in [5.74, 6) is 2.48. The van der Waals surface area contributed by atoms with Crippen molar-refractivity contribution in [3.63, 3.8) is 0 Å². The van der Waals surface area contributed by atoms with Crippen LogP contribution in [0.5, 0.6) is 0 Å². The predicted octanol–water partition coefficient (Wildman–Crippen LogP) is 2.09. The monoisotopic (exact) mass is 232 g/mol. The molecule has 0 amide bonds. The van der Waals surface area contributed by atoms with Crippen molar-refractivity contribution >= 4 is 0 Å². The van der Waals surface area contributed by atoms with Gasteiger partial charge in [0.1, 0.15) is 0 Å². The quantitative estimate of drug-likeness (QED) is 0.563. The summed E-state index contributed by atoms with van der Waals surface area (Å²) < 4.78 is 0. The van der Waals surface area contributed by atoms with Gasteiger partial charge in [-0.25, -0.2) is 0 Å². The Labute approximate surface area is 100.0 Å². The van der Waals surface area contributed by atoms with Crippen LogP contribution in [0.1, 0.15) is 41.5 Å². The molecule has 0 bridgehead atoms. The molecule has 0 unspecified atom stereocenters. The fourth-order valence-corrected chi connectivity index (χ4v) is 1.98. The van der Waals surface area contributed by atoms with E-state index in [9.17, 15) is 0 Å². The summed E-state index contributed by atoms with van der Waals surface area (Å²) in [6, 6.07) is 0. The molecule has 0 aliphatic rings. The van der Waals surface area contributed by atoms with Crippen molar-refractivity contribution in [3.05, 3.63) is 10.1 Å². The minimum Gasteiger partial charge on any atom is -0.444 e. The van der Waals surface area contributed by atoms with Crippen LogP contribution in [-0.4, -0.2) is 19.6 Å². The lowest BCUT2D eigenvalue weighted by Crippen LogP contribution is -3.13. The van der Waals surface area contributed by atoms with Crippen LogP contribution >= 0.6 is 0 Å². The van der Waals surface area contributed by atoms with Gasteiger partial charge >= 0.3 is 0 Å². The highest BCUT2D eigenvalue weighted by Crippen LogP contribution is 1.91. The van der Waals surface area contributed by atoms with E-state index in [-0.39, 0.29) is 0 Å². The van der Waals surface area contributed by atoms with Crippen LogP contribution in [0.4, 0.5) is 0 Å². The van der Waals surface area contributed by atoms with Crippen molar-refractivity contribution in [2.75, 3.05) is 19.6 Å². The van der Waals surface area contributed by atoms with E-state index in [2.05, 4.69) is 41.5 Å². The minimum atomic E-state index is 0.826. The lowest BCUT2D eigenvalue weighted by molar-refractivity contribution is -0.909. The Morgan fingerprint density at radius 2 is 1.06 bits per heavy atom. The lowest BCUT2D eigenvalue weighted by atomic mass is 10.1. The Morgan fingerprint density at radius 3 is 1.19 bits per heavy atom. The summed E-state index contributed by atoms with van der Waals surface area (Å²) in [5, 5.41) is 9.00. The minimum absolute atomic E-state index is 0.826. The first-order chi connectivity index (χ1) is 7.33. The van der Waals surface area contributed by atoms with Gasteiger partial charge in [0.2, 0.25) is 0 Å². The average molecular weight is 232 g/mol. The maximum atomic E-state index is 8.00. The zero-order valence-corrected chi connectivity index (χ0v) is 11.6. The lowest BCUT2D eigenvalue weighted by Gasteiger charge is -2.24. The number of hydrogen-bond acceptors (Lipinski definition) is 3. The van der Waals surface area contributed by atoms with Crippen LogP contribution in [-0.2, 0) is 0 Å². The summed E-state index contributed by atoms with van der Waals surface area (Å²) in [6.07, 6.45) is 0. The van der Waals surface area contributed by atoms with Crippen molar-refractivity contribution in [1.82, 2.24) is 0 Å². The Hall–Kier alpha value is -0.640. The van der Waals surface area contributed by atoms with Crippen LogP contribution < -0.4 is 4.90 Å². The van der Waals surface area contributed by atoms with Crippen LogP contribution in [0.3, 0.4) is 0 Å². The van der Waals surface area contributed by atoms with E-state index in [1.54, 1.807) is 4.90 Å². The zero-order chi connectivity index (χ0) is 13.1. The fraction of sp³-hybridized carbons (Fsp3) is 1.00. The Balaban J connectivity index is 0. The van der Waals surface area contributed by atoms with Crippen LogP contribution in [0.15, 0.2) is 5.34 Å². The van der Waals surface area contributed by atoms with E-state index >= 15 is 0 Å². The molecule has 4 nitrogen and oxygen atoms in total. The van der Waals surface area contributed by atoms with Crippen LogP contribution in [0.2, 0.25) is 0 Å². The summed E-state index contributed by atoms with van der Waals surface area (Å²) in [7, 11) is 0. The van der Waals surface area contributed by atoms with Gasteiger partial charge in [-0.2, -0.15) is 0 Å². The molecule has 0 aromatic heterocycles. The molecule has 4 heteroatoms. The van der Waals surface area contributed by atoms with Gasteiger partial charge in [0.05, 0.1) is 19.6 Å². The second-order valence-corrected chi connectivity index (χ2v) is 5.62. The Morgan fingerprint density at radius 1 is 0.875 bits per heavy atom. The first kappa shape index (κ1) is 17.7. The average Bonchev–Trinajstić information content (AvgIpc) is 2.00. The van der Waals surface area contributed by atoms with Crippen molar-refractivity contribution in [2.24, 2.45) is 23.1 Å². The first-order valence-corrected chi connectivity index (χ1v) is 6.11. The van der Waals surface area contributed by atoms with Gasteiger partial charge in [-0.3, -0.25) is 0 Å². The van der Waals surface area contributed by atoms with Gasteiger partial charge in [0.25, 0.3) is 0 Å². The van der Waals surface area contributed by atoms with Crippen LogP contribution in [0, 0.1) is 27.9 Å². The molecule has 0 heterocycles. The van der Waals surface area contributed by atoms with Gasteiger partial charge < -0.3 is 15.0 Å². The molecule has 0 aliphatic heterocycles. The summed E-state index contributed by atoms with van der Waals surface area (Å²) in [4.78, 5) is 9.78. The third-order valence-corrected chi connectivity index (χ3v) is 2.09. The molecular weight excluding hydrogens is 204 g/mol. The third-order valence-electron chi connectivity index (χ3n) is 2.09. The largest absolute Gasteiger partial charge is 0.444 e. The molecule has 98 valence electrons. The number of nitrogens with one attached hydrogen (secondary N) is 1. The molecule has 0 saturated heterocycles. The van der Waals surface area contributed by atoms with E-state index in [0.717, 1.165) is 23.1 Å². The number of hydrogen-bond donors (Lipinski definition) is 1. The van der Waals surface area contributed by atoms with Gasteiger partial charge in [0, 0.05) is 17.8 Å². The highest BCUT2D eigenvalue weighted by Gasteiger charge is 2.13. The molecule has 0 saturated carbocycles. The van der Waals surface area contributed by atoms with Crippen LogP contribution in [0.25, 0.3) is 0 Å². The van der Waals surface area contributed by atoms with E-state index in [0.29, 0.717) is 0 Å². The predicted molar refractivity (Wildman–Crippen MR) is 69.2 cm³/mol. The smallest absolute Gasteiger partial charge is 0.0794 e. The van der Waals surface area contributed by atoms with Crippen molar-refractivity contribution in [2.45, 2.75) is 41.5 Å². The molecule has 0 atom stereocenters. The second kappa shape index (κ2) is 10.9. The molecule has 0 fully saturated rings. The van der Waals surface area contributed by atoms with E-state index in [4.69, 9.17) is 10.1 Å². The SMILES string of the molecule is CC(C)C[NH+](CC(C)C)CC(C)C.O=N[O-]. The number of quaternary nitrogens is 1. The molecule has 16 heavy (non-hydrogen) atoms. The molecular formula is C12H28N2O2. The molecule has 0 aliphatic carbocycles. The highest BCUT2D eigenvalue weighted by molar-refractivity contribution is 4.45. The van der Waals surface area contributed by atoms with Gasteiger partial charge in [0.15, 0.2) is 0 Å². The van der Waals surface area contributed by atoms with Gasteiger partial charge in [-0.15, -0.1) is 5.34 Å². The zero-order valence-electron chi connectivity index (χ0n) is 11.6.